The molecule has 4 rings (SSSR count). The van der Waals surface area contributed by atoms with Crippen LogP contribution in [0.4, 0.5) is 4.79 Å². The van der Waals surface area contributed by atoms with Gasteiger partial charge in [-0.15, -0.1) is 0 Å². The van der Waals surface area contributed by atoms with Crippen LogP contribution in [0, 0.1) is 17.8 Å². The second kappa shape index (κ2) is 9.63. The molecule has 4 unspecified atom stereocenters. The highest BCUT2D eigenvalue weighted by atomic mass is 16.6. The van der Waals surface area contributed by atoms with Crippen LogP contribution in [0.15, 0.2) is 0 Å². The Morgan fingerprint density at radius 2 is 1.87 bits per heavy atom. The smallest absolute Gasteiger partial charge is 0.410 e. The summed E-state index contributed by atoms with van der Waals surface area (Å²) in [6, 6.07) is 0.184. The lowest BCUT2D eigenvalue weighted by atomic mass is 9.73. The fraction of sp³-hybridized carbons (Fsp3) is 0.913. The van der Waals surface area contributed by atoms with Gasteiger partial charge in [-0.2, -0.15) is 0 Å². The van der Waals surface area contributed by atoms with Crippen LogP contribution in [-0.4, -0.2) is 90.3 Å². The summed E-state index contributed by atoms with van der Waals surface area (Å²) < 4.78 is 5.59. The van der Waals surface area contributed by atoms with Gasteiger partial charge in [0.1, 0.15) is 0 Å². The van der Waals surface area contributed by atoms with Crippen LogP contribution < -0.4 is 10.7 Å². The van der Waals surface area contributed by atoms with Crippen molar-refractivity contribution in [2.24, 2.45) is 17.8 Å². The third-order valence-corrected chi connectivity index (χ3v) is 7.79. The van der Waals surface area contributed by atoms with Gasteiger partial charge in [-0.25, -0.2) is 9.80 Å². The molecule has 0 spiro atoms. The van der Waals surface area contributed by atoms with E-state index in [4.69, 9.17) is 4.74 Å². The Balaban J connectivity index is 1.43. The van der Waals surface area contributed by atoms with Gasteiger partial charge < -0.3 is 19.9 Å². The highest BCUT2D eigenvalue weighted by Gasteiger charge is 2.48. The van der Waals surface area contributed by atoms with Crippen molar-refractivity contribution in [3.8, 4) is 0 Å². The zero-order valence-electron chi connectivity index (χ0n) is 19.7. The van der Waals surface area contributed by atoms with Gasteiger partial charge in [-0.05, 0) is 77.3 Å². The normalized spacial score (nSPS) is 36.7. The SMILES string of the molecule is CC(=O)N1C2CCC(C3CNN(C[C@H]4CCNC4)C3)CC2N(C(=O)OC(C)C)C[C@@H]1C. The molecular weight excluding hydrogens is 394 g/mol. The number of fused-ring (bicyclic) bond motifs is 1. The van der Waals surface area contributed by atoms with E-state index in [1.807, 2.05) is 23.6 Å². The van der Waals surface area contributed by atoms with Gasteiger partial charge >= 0.3 is 6.09 Å². The molecule has 2 amide bonds. The number of rotatable bonds is 4. The van der Waals surface area contributed by atoms with Crippen molar-refractivity contribution >= 4 is 12.0 Å². The first-order valence-electron chi connectivity index (χ1n) is 12.3. The Kier molecular flexibility index (Phi) is 7.08. The molecule has 31 heavy (non-hydrogen) atoms. The zero-order valence-corrected chi connectivity index (χ0v) is 19.7. The monoisotopic (exact) mass is 435 g/mol. The predicted octanol–water partition coefficient (Wildman–Crippen LogP) is 1.67. The Bertz CT molecular complexity index is 653. The van der Waals surface area contributed by atoms with Crippen molar-refractivity contribution in [2.75, 3.05) is 39.3 Å². The molecule has 8 heteroatoms. The number of piperazine rings is 1. The fourth-order valence-corrected chi connectivity index (χ4v) is 6.40. The number of ether oxygens (including phenoxy) is 1. The molecule has 2 N–H and O–H groups in total. The second-order valence-corrected chi connectivity index (χ2v) is 10.5. The molecule has 4 aliphatic rings. The first kappa shape index (κ1) is 22.8. The summed E-state index contributed by atoms with van der Waals surface area (Å²) >= 11 is 0. The molecule has 0 aromatic heterocycles. The van der Waals surface area contributed by atoms with Crippen LogP contribution >= 0.6 is 0 Å². The van der Waals surface area contributed by atoms with E-state index in [1.165, 1.54) is 6.42 Å². The van der Waals surface area contributed by atoms with Crippen molar-refractivity contribution in [3.63, 3.8) is 0 Å². The first-order valence-corrected chi connectivity index (χ1v) is 12.3. The number of hydrogen-bond acceptors (Lipinski definition) is 6. The van der Waals surface area contributed by atoms with Gasteiger partial charge in [0.05, 0.1) is 18.2 Å². The Labute approximate surface area is 187 Å². The van der Waals surface area contributed by atoms with Gasteiger partial charge in [0.15, 0.2) is 0 Å². The molecule has 0 aromatic rings. The molecule has 0 aromatic carbocycles. The third kappa shape index (κ3) is 5.01. The van der Waals surface area contributed by atoms with Crippen LogP contribution in [0.25, 0.3) is 0 Å². The van der Waals surface area contributed by atoms with Crippen molar-refractivity contribution in [1.29, 1.82) is 0 Å². The molecule has 0 radical (unpaired) electrons. The minimum atomic E-state index is -0.222. The van der Waals surface area contributed by atoms with Gasteiger partial charge in [0, 0.05) is 39.1 Å². The lowest BCUT2D eigenvalue weighted by Gasteiger charge is -2.54. The topological polar surface area (TPSA) is 77.2 Å². The fourth-order valence-electron chi connectivity index (χ4n) is 6.40. The van der Waals surface area contributed by atoms with E-state index in [2.05, 4.69) is 22.7 Å². The molecule has 1 saturated carbocycles. The van der Waals surface area contributed by atoms with E-state index in [1.54, 1.807) is 6.92 Å². The lowest BCUT2D eigenvalue weighted by Crippen LogP contribution is -2.67. The second-order valence-electron chi connectivity index (χ2n) is 10.5. The number of nitrogens with one attached hydrogen (secondary N) is 2. The third-order valence-electron chi connectivity index (χ3n) is 7.79. The van der Waals surface area contributed by atoms with Crippen LogP contribution in [-0.2, 0) is 9.53 Å². The van der Waals surface area contributed by atoms with E-state index in [-0.39, 0.29) is 36.2 Å². The van der Waals surface area contributed by atoms with Crippen molar-refractivity contribution in [2.45, 2.75) is 77.6 Å². The van der Waals surface area contributed by atoms with Gasteiger partial charge in [-0.3, -0.25) is 10.2 Å². The summed E-state index contributed by atoms with van der Waals surface area (Å²) in [7, 11) is 0. The van der Waals surface area contributed by atoms with Crippen molar-refractivity contribution in [3.05, 3.63) is 0 Å². The Morgan fingerprint density at radius 3 is 2.55 bits per heavy atom. The molecule has 0 bridgehead atoms. The lowest BCUT2D eigenvalue weighted by molar-refractivity contribution is -0.142. The molecule has 8 nitrogen and oxygen atoms in total. The summed E-state index contributed by atoms with van der Waals surface area (Å²) in [4.78, 5) is 29.3. The van der Waals surface area contributed by atoms with Crippen molar-refractivity contribution < 1.29 is 14.3 Å². The molecule has 6 atom stereocenters. The van der Waals surface area contributed by atoms with Gasteiger partial charge in [0.25, 0.3) is 0 Å². The maximum absolute atomic E-state index is 12.9. The first-order chi connectivity index (χ1) is 14.8. The maximum atomic E-state index is 12.9. The number of hydrogen-bond donors (Lipinski definition) is 2. The number of amides is 2. The highest BCUT2D eigenvalue weighted by molar-refractivity contribution is 5.75. The summed E-state index contributed by atoms with van der Waals surface area (Å²) in [5.74, 6) is 2.03. The molecule has 3 saturated heterocycles. The predicted molar refractivity (Wildman–Crippen MR) is 119 cm³/mol. The molecule has 1 aliphatic carbocycles. The molecule has 3 aliphatic heterocycles. The summed E-state index contributed by atoms with van der Waals surface area (Å²) in [5.41, 5.74) is 3.63. The van der Waals surface area contributed by atoms with E-state index < -0.39 is 0 Å². The average Bonchev–Trinajstić information content (AvgIpc) is 3.38. The number of carbonyl (C=O) groups excluding carboxylic acids is 2. The number of carbonyl (C=O) groups is 2. The van der Waals surface area contributed by atoms with Gasteiger partial charge in [0.2, 0.25) is 5.91 Å². The standard InChI is InChI=1S/C23H41N5O3/c1-15(2)31-23(30)27-12-16(3)28(17(4)29)21-6-5-19(9-22(21)27)20-11-25-26(14-20)13-18-7-8-24-10-18/h15-16,18-22,24-25H,5-14H2,1-4H3/t16-,18-,19?,20?,21?,22?/m0/s1. The molecule has 176 valence electrons. The minimum absolute atomic E-state index is 0.0265. The van der Waals surface area contributed by atoms with Crippen molar-refractivity contribution in [1.82, 2.24) is 25.6 Å². The largest absolute Gasteiger partial charge is 0.447 e. The molecular formula is C23H41N5O3. The van der Waals surface area contributed by atoms with Gasteiger partial charge in [-0.1, -0.05) is 0 Å². The average molecular weight is 436 g/mol. The quantitative estimate of drug-likeness (QED) is 0.700. The van der Waals surface area contributed by atoms with E-state index in [0.717, 1.165) is 57.9 Å². The molecule has 4 fully saturated rings. The maximum Gasteiger partial charge on any atom is 0.410 e. The summed E-state index contributed by atoms with van der Waals surface area (Å²) in [6.07, 6.45) is 3.95. The molecule has 3 heterocycles. The van der Waals surface area contributed by atoms with Crippen LogP contribution in [0.1, 0.15) is 53.4 Å². The highest BCUT2D eigenvalue weighted by Crippen LogP contribution is 2.40. The Hall–Kier alpha value is -1.38. The zero-order chi connectivity index (χ0) is 22.1. The number of hydrazine groups is 1. The summed E-state index contributed by atoms with van der Waals surface area (Å²) in [5, 5.41) is 5.88. The minimum Gasteiger partial charge on any atom is -0.447 e. The number of nitrogens with zero attached hydrogens (tertiary/aromatic N) is 3. The van der Waals surface area contributed by atoms with Crippen LogP contribution in [0.3, 0.4) is 0 Å². The van der Waals surface area contributed by atoms with Crippen LogP contribution in [0.2, 0.25) is 0 Å². The summed E-state index contributed by atoms with van der Waals surface area (Å²) in [6.45, 7) is 13.6. The van der Waals surface area contributed by atoms with E-state index in [9.17, 15) is 9.59 Å². The van der Waals surface area contributed by atoms with E-state index in [0.29, 0.717) is 18.4 Å². The van der Waals surface area contributed by atoms with E-state index >= 15 is 0 Å². The van der Waals surface area contributed by atoms with Crippen LogP contribution in [0.5, 0.6) is 0 Å². The Morgan fingerprint density at radius 1 is 1.06 bits per heavy atom.